The summed E-state index contributed by atoms with van der Waals surface area (Å²) in [5, 5.41) is 12.8. The van der Waals surface area contributed by atoms with Gasteiger partial charge < -0.3 is 15.4 Å². The second-order valence-electron chi connectivity index (χ2n) is 7.04. The highest BCUT2D eigenvalue weighted by Gasteiger charge is 2.30. The molecule has 3 N–H and O–H groups in total. The van der Waals surface area contributed by atoms with E-state index in [0.29, 0.717) is 5.69 Å². The molecule has 134 valence electrons. The van der Waals surface area contributed by atoms with Crippen molar-refractivity contribution in [2.75, 3.05) is 19.7 Å². The number of hydrogen-bond acceptors (Lipinski definition) is 3. The van der Waals surface area contributed by atoms with Gasteiger partial charge in [-0.2, -0.15) is 0 Å². The maximum atomic E-state index is 12.6. The first kappa shape index (κ1) is 17.7. The van der Waals surface area contributed by atoms with Gasteiger partial charge in [-0.1, -0.05) is 30.3 Å². The highest BCUT2D eigenvalue weighted by molar-refractivity contribution is 5.94. The largest absolute Gasteiger partial charge is 0.396 e. The molecule has 2 aromatic rings. The van der Waals surface area contributed by atoms with Crippen molar-refractivity contribution < 1.29 is 9.90 Å². The van der Waals surface area contributed by atoms with Crippen molar-refractivity contribution in [3.05, 3.63) is 58.9 Å². The molecule has 3 rings (SSSR count). The van der Waals surface area contributed by atoms with E-state index < -0.39 is 0 Å². The Bertz CT molecular complexity index is 711. The number of aliphatic hydroxyl groups excluding tert-OH is 1. The summed E-state index contributed by atoms with van der Waals surface area (Å²) in [6.07, 6.45) is 0.886. The molecule has 1 aliphatic rings. The van der Waals surface area contributed by atoms with Gasteiger partial charge >= 0.3 is 0 Å². The second-order valence-corrected chi connectivity index (χ2v) is 7.04. The average molecular weight is 341 g/mol. The van der Waals surface area contributed by atoms with Crippen molar-refractivity contribution in [2.24, 2.45) is 5.92 Å². The van der Waals surface area contributed by atoms with Crippen molar-refractivity contribution in [1.29, 1.82) is 0 Å². The number of rotatable bonds is 5. The molecule has 5 heteroatoms. The standard InChI is InChI=1S/C20H27N3O2/c1-14-10-15(2)21-19(14)20(25)22-18-12-23(9-8-17(18)13-24)11-16-6-4-3-5-7-16/h3-7,10,17-18,21,24H,8-9,11-13H2,1-2H3,(H,22,25). The van der Waals surface area contributed by atoms with Gasteiger partial charge in [-0.05, 0) is 44.0 Å². The Kier molecular flexibility index (Phi) is 5.56. The van der Waals surface area contributed by atoms with E-state index in [9.17, 15) is 9.90 Å². The third-order valence-electron chi connectivity index (χ3n) is 5.02. The fourth-order valence-corrected chi connectivity index (χ4v) is 3.64. The van der Waals surface area contributed by atoms with Crippen LogP contribution in [0.25, 0.3) is 0 Å². The number of aromatic amines is 1. The van der Waals surface area contributed by atoms with Crippen molar-refractivity contribution in [3.63, 3.8) is 0 Å². The molecular formula is C20H27N3O2. The molecule has 0 aliphatic carbocycles. The van der Waals surface area contributed by atoms with Gasteiger partial charge in [0, 0.05) is 37.4 Å². The van der Waals surface area contributed by atoms with Gasteiger partial charge in [0.05, 0.1) is 0 Å². The quantitative estimate of drug-likeness (QED) is 0.781. The molecular weight excluding hydrogens is 314 g/mol. The Balaban J connectivity index is 1.66. The van der Waals surface area contributed by atoms with E-state index in [-0.39, 0.29) is 24.5 Å². The van der Waals surface area contributed by atoms with Crippen LogP contribution < -0.4 is 5.32 Å². The highest BCUT2D eigenvalue weighted by Crippen LogP contribution is 2.20. The Morgan fingerprint density at radius 1 is 1.32 bits per heavy atom. The van der Waals surface area contributed by atoms with Crippen molar-refractivity contribution in [2.45, 2.75) is 32.9 Å². The normalized spacial score (nSPS) is 21.2. The zero-order valence-corrected chi connectivity index (χ0v) is 15.0. The number of benzene rings is 1. The molecule has 2 heterocycles. The monoisotopic (exact) mass is 341 g/mol. The van der Waals surface area contributed by atoms with Crippen LogP contribution in [0.2, 0.25) is 0 Å². The van der Waals surface area contributed by atoms with E-state index >= 15 is 0 Å². The lowest BCUT2D eigenvalue weighted by atomic mass is 9.91. The van der Waals surface area contributed by atoms with Crippen LogP contribution in [-0.4, -0.2) is 46.6 Å². The Labute approximate surface area is 149 Å². The van der Waals surface area contributed by atoms with E-state index in [1.165, 1.54) is 5.56 Å². The zero-order valence-electron chi connectivity index (χ0n) is 15.0. The zero-order chi connectivity index (χ0) is 17.8. The molecule has 1 aromatic heterocycles. The predicted molar refractivity (Wildman–Crippen MR) is 98.4 cm³/mol. The van der Waals surface area contributed by atoms with Crippen LogP contribution in [0, 0.1) is 19.8 Å². The van der Waals surface area contributed by atoms with Gasteiger partial charge in [0.15, 0.2) is 0 Å². The van der Waals surface area contributed by atoms with Gasteiger partial charge in [-0.25, -0.2) is 0 Å². The van der Waals surface area contributed by atoms with Gasteiger partial charge in [-0.15, -0.1) is 0 Å². The fourth-order valence-electron chi connectivity index (χ4n) is 3.64. The average Bonchev–Trinajstić information content (AvgIpc) is 2.94. The van der Waals surface area contributed by atoms with E-state index in [0.717, 1.165) is 37.3 Å². The summed E-state index contributed by atoms with van der Waals surface area (Å²) in [7, 11) is 0. The van der Waals surface area contributed by atoms with Gasteiger partial charge in [0.1, 0.15) is 5.69 Å². The lowest BCUT2D eigenvalue weighted by Gasteiger charge is -2.38. The molecule has 1 aliphatic heterocycles. The van der Waals surface area contributed by atoms with Crippen LogP contribution in [0.4, 0.5) is 0 Å². The molecule has 25 heavy (non-hydrogen) atoms. The summed E-state index contributed by atoms with van der Waals surface area (Å²) in [6.45, 7) is 6.55. The van der Waals surface area contributed by atoms with E-state index in [4.69, 9.17) is 0 Å². The summed E-state index contributed by atoms with van der Waals surface area (Å²) in [5.41, 5.74) is 3.82. The van der Waals surface area contributed by atoms with Crippen molar-refractivity contribution in [1.82, 2.24) is 15.2 Å². The summed E-state index contributed by atoms with van der Waals surface area (Å²) in [4.78, 5) is 18.1. The molecule has 0 saturated carbocycles. The summed E-state index contributed by atoms with van der Waals surface area (Å²) in [6, 6.07) is 12.3. The third-order valence-corrected chi connectivity index (χ3v) is 5.02. The SMILES string of the molecule is Cc1cc(C)c(C(=O)NC2CN(Cc3ccccc3)CCC2CO)[nH]1. The van der Waals surface area contributed by atoms with Crippen LogP contribution in [0.1, 0.15) is 33.7 Å². The number of aromatic nitrogens is 1. The molecule has 0 bridgehead atoms. The van der Waals surface area contributed by atoms with Crippen LogP contribution >= 0.6 is 0 Å². The van der Waals surface area contributed by atoms with E-state index in [1.54, 1.807) is 0 Å². The van der Waals surface area contributed by atoms with Gasteiger partial charge in [0.25, 0.3) is 5.91 Å². The number of likely N-dealkylation sites (tertiary alicyclic amines) is 1. The number of nitrogens with one attached hydrogen (secondary N) is 2. The van der Waals surface area contributed by atoms with Gasteiger partial charge in [0.2, 0.25) is 0 Å². The second kappa shape index (κ2) is 7.85. The summed E-state index contributed by atoms with van der Waals surface area (Å²) in [5.74, 6) is 0.0166. The van der Waals surface area contributed by atoms with Crippen LogP contribution in [0.3, 0.4) is 0 Å². The summed E-state index contributed by atoms with van der Waals surface area (Å²) < 4.78 is 0. The fraction of sp³-hybridized carbons (Fsp3) is 0.450. The smallest absolute Gasteiger partial charge is 0.268 e. The molecule has 2 unspecified atom stereocenters. The molecule has 1 amide bonds. The lowest BCUT2D eigenvalue weighted by molar-refractivity contribution is 0.0727. The Morgan fingerprint density at radius 3 is 2.72 bits per heavy atom. The number of aliphatic hydroxyl groups is 1. The number of H-pyrrole nitrogens is 1. The van der Waals surface area contributed by atoms with Crippen molar-refractivity contribution >= 4 is 5.91 Å². The van der Waals surface area contributed by atoms with Crippen LogP contribution in [0.5, 0.6) is 0 Å². The van der Waals surface area contributed by atoms with Gasteiger partial charge in [-0.3, -0.25) is 9.69 Å². The first-order chi connectivity index (χ1) is 12.1. The number of carbonyl (C=O) groups is 1. The minimum atomic E-state index is -0.0874. The Morgan fingerprint density at radius 2 is 2.08 bits per heavy atom. The molecule has 0 radical (unpaired) electrons. The number of aryl methyl sites for hydroxylation is 2. The maximum absolute atomic E-state index is 12.6. The maximum Gasteiger partial charge on any atom is 0.268 e. The highest BCUT2D eigenvalue weighted by atomic mass is 16.3. The first-order valence-corrected chi connectivity index (χ1v) is 8.91. The topological polar surface area (TPSA) is 68.4 Å². The lowest BCUT2D eigenvalue weighted by Crippen LogP contribution is -2.53. The molecule has 2 atom stereocenters. The molecule has 5 nitrogen and oxygen atoms in total. The van der Waals surface area contributed by atoms with Crippen molar-refractivity contribution in [3.8, 4) is 0 Å². The molecule has 1 aromatic carbocycles. The third kappa shape index (κ3) is 4.30. The predicted octanol–water partition coefficient (Wildman–Crippen LogP) is 2.24. The minimum Gasteiger partial charge on any atom is -0.396 e. The number of nitrogens with zero attached hydrogens (tertiary/aromatic N) is 1. The minimum absolute atomic E-state index is 0.0435. The number of amides is 1. The van der Waals surface area contributed by atoms with E-state index in [1.807, 2.05) is 38.1 Å². The molecule has 1 fully saturated rings. The summed E-state index contributed by atoms with van der Waals surface area (Å²) >= 11 is 0. The first-order valence-electron chi connectivity index (χ1n) is 8.91. The molecule has 1 saturated heterocycles. The Hall–Kier alpha value is -2.11. The number of piperidine rings is 1. The molecule has 0 spiro atoms. The van der Waals surface area contributed by atoms with Crippen LogP contribution in [0.15, 0.2) is 36.4 Å². The number of hydrogen-bond donors (Lipinski definition) is 3. The number of carbonyl (C=O) groups excluding carboxylic acids is 1. The van der Waals surface area contributed by atoms with E-state index in [2.05, 4.69) is 27.3 Å². The van der Waals surface area contributed by atoms with Crippen LogP contribution in [-0.2, 0) is 6.54 Å².